The summed E-state index contributed by atoms with van der Waals surface area (Å²) in [5.74, 6) is -0.778. The van der Waals surface area contributed by atoms with E-state index in [1.54, 1.807) is 19.1 Å². The first-order valence-corrected chi connectivity index (χ1v) is 9.16. The van der Waals surface area contributed by atoms with E-state index in [2.05, 4.69) is 0 Å². The molecule has 0 bridgehead atoms. The van der Waals surface area contributed by atoms with Crippen molar-refractivity contribution in [3.8, 4) is 17.1 Å². The zero-order valence-corrected chi connectivity index (χ0v) is 16.6. The summed E-state index contributed by atoms with van der Waals surface area (Å²) in [4.78, 5) is 37.4. The average Bonchev–Trinajstić information content (AvgIpc) is 2.79. The SMILES string of the molecule is COC(=O)C1=Cc2c(ccc3c(=O)c(C)c(-c4ccccc4)oc23)OC1C(=O)OC. The molecule has 3 aromatic rings. The summed E-state index contributed by atoms with van der Waals surface area (Å²) in [6.07, 6.45) is 0.167. The number of hydrogen-bond acceptors (Lipinski definition) is 7. The predicted molar refractivity (Wildman–Crippen MR) is 109 cm³/mol. The molecular formula is C23H18O7. The van der Waals surface area contributed by atoms with Crippen molar-refractivity contribution >= 4 is 29.0 Å². The van der Waals surface area contributed by atoms with E-state index in [1.165, 1.54) is 20.3 Å². The van der Waals surface area contributed by atoms with Gasteiger partial charge in [0.15, 0.2) is 5.43 Å². The Balaban J connectivity index is 2.01. The van der Waals surface area contributed by atoms with Gasteiger partial charge in [-0.15, -0.1) is 0 Å². The van der Waals surface area contributed by atoms with Crippen molar-refractivity contribution in [2.24, 2.45) is 0 Å². The van der Waals surface area contributed by atoms with E-state index in [4.69, 9.17) is 18.6 Å². The summed E-state index contributed by atoms with van der Waals surface area (Å²) in [6.45, 7) is 1.70. The molecule has 0 fully saturated rings. The molecule has 2 heterocycles. The number of rotatable bonds is 3. The topological polar surface area (TPSA) is 92.0 Å². The summed E-state index contributed by atoms with van der Waals surface area (Å²) >= 11 is 0. The largest absolute Gasteiger partial charge is 0.473 e. The molecule has 1 aliphatic heterocycles. The van der Waals surface area contributed by atoms with Crippen LogP contribution in [0.5, 0.6) is 5.75 Å². The number of benzene rings is 2. The zero-order valence-electron chi connectivity index (χ0n) is 16.6. The van der Waals surface area contributed by atoms with Gasteiger partial charge in [0.2, 0.25) is 6.10 Å². The first-order valence-electron chi connectivity index (χ1n) is 9.16. The van der Waals surface area contributed by atoms with Crippen LogP contribution in [0.4, 0.5) is 0 Å². The maximum Gasteiger partial charge on any atom is 0.352 e. The highest BCUT2D eigenvalue weighted by atomic mass is 16.6. The van der Waals surface area contributed by atoms with Crippen molar-refractivity contribution in [3.05, 3.63) is 69.4 Å². The van der Waals surface area contributed by atoms with Gasteiger partial charge in [0.25, 0.3) is 0 Å². The Morgan fingerprint density at radius 2 is 1.73 bits per heavy atom. The normalized spacial score (nSPS) is 15.0. The molecular weight excluding hydrogens is 388 g/mol. The third-order valence-corrected chi connectivity index (χ3v) is 4.99. The number of carbonyl (C=O) groups excluding carboxylic acids is 2. The summed E-state index contributed by atoms with van der Waals surface area (Å²) < 4.78 is 21.4. The highest BCUT2D eigenvalue weighted by molar-refractivity contribution is 6.05. The van der Waals surface area contributed by atoms with Crippen LogP contribution < -0.4 is 10.2 Å². The van der Waals surface area contributed by atoms with Crippen molar-refractivity contribution in [2.75, 3.05) is 14.2 Å². The van der Waals surface area contributed by atoms with Gasteiger partial charge in [0.1, 0.15) is 17.1 Å². The van der Waals surface area contributed by atoms with Gasteiger partial charge >= 0.3 is 11.9 Å². The fourth-order valence-corrected chi connectivity index (χ4v) is 3.45. The molecule has 30 heavy (non-hydrogen) atoms. The lowest BCUT2D eigenvalue weighted by Gasteiger charge is -2.24. The Bertz CT molecular complexity index is 1250. The molecule has 0 amide bonds. The number of ether oxygens (including phenoxy) is 3. The molecule has 1 atom stereocenters. The van der Waals surface area contributed by atoms with Crippen LogP contribution in [0.25, 0.3) is 28.4 Å². The van der Waals surface area contributed by atoms with Crippen molar-refractivity contribution in [1.82, 2.24) is 0 Å². The van der Waals surface area contributed by atoms with Crippen LogP contribution in [0.15, 0.2) is 57.2 Å². The summed E-state index contributed by atoms with van der Waals surface area (Å²) in [7, 11) is 2.40. The van der Waals surface area contributed by atoms with Gasteiger partial charge in [-0.2, -0.15) is 0 Å². The van der Waals surface area contributed by atoms with Gasteiger partial charge in [-0.1, -0.05) is 30.3 Å². The van der Waals surface area contributed by atoms with Crippen LogP contribution in [0.3, 0.4) is 0 Å². The summed E-state index contributed by atoms with van der Waals surface area (Å²) in [5, 5.41) is 0.339. The smallest absolute Gasteiger partial charge is 0.352 e. The molecule has 1 aromatic heterocycles. The molecule has 0 saturated carbocycles. The van der Waals surface area contributed by atoms with Crippen molar-refractivity contribution in [2.45, 2.75) is 13.0 Å². The van der Waals surface area contributed by atoms with E-state index in [0.29, 0.717) is 22.3 Å². The molecule has 0 radical (unpaired) electrons. The van der Waals surface area contributed by atoms with E-state index in [0.717, 1.165) is 5.56 Å². The van der Waals surface area contributed by atoms with Crippen LogP contribution in [-0.2, 0) is 19.1 Å². The number of fused-ring (bicyclic) bond motifs is 3. The Morgan fingerprint density at radius 3 is 2.40 bits per heavy atom. The molecule has 152 valence electrons. The lowest BCUT2D eigenvalue weighted by atomic mass is 9.98. The van der Waals surface area contributed by atoms with Crippen molar-refractivity contribution in [3.63, 3.8) is 0 Å². The number of methoxy groups -OCH3 is 2. The van der Waals surface area contributed by atoms with Crippen LogP contribution in [0, 0.1) is 6.92 Å². The Kier molecular flexibility index (Phi) is 4.87. The quantitative estimate of drug-likeness (QED) is 0.617. The monoisotopic (exact) mass is 406 g/mol. The standard InChI is InChI=1S/C23H18O7/c1-12-18(24)14-9-10-17-15(20(14)30-19(12)13-7-5-4-6-8-13)11-16(22(25)27-2)21(29-17)23(26)28-3/h4-11,21H,1-3H3. The number of hydrogen-bond donors (Lipinski definition) is 0. The van der Waals surface area contributed by atoms with Gasteiger partial charge in [0, 0.05) is 11.1 Å². The average molecular weight is 406 g/mol. The minimum atomic E-state index is -1.28. The molecule has 1 aliphatic rings. The second-order valence-corrected chi connectivity index (χ2v) is 6.72. The minimum Gasteiger partial charge on any atom is -0.473 e. The second kappa shape index (κ2) is 7.51. The van der Waals surface area contributed by atoms with Gasteiger partial charge in [0.05, 0.1) is 30.7 Å². The second-order valence-electron chi connectivity index (χ2n) is 6.72. The maximum absolute atomic E-state index is 13.0. The molecule has 0 saturated heterocycles. The number of carbonyl (C=O) groups is 2. The van der Waals surface area contributed by atoms with Gasteiger partial charge in [-0.25, -0.2) is 9.59 Å². The molecule has 0 spiro atoms. The third kappa shape index (κ3) is 3.04. The molecule has 1 unspecified atom stereocenters. The molecule has 7 nitrogen and oxygen atoms in total. The lowest BCUT2D eigenvalue weighted by Crippen LogP contribution is -2.36. The Labute approximate surface area is 171 Å². The molecule has 0 aliphatic carbocycles. The summed E-state index contributed by atoms with van der Waals surface area (Å²) in [5.41, 5.74) is 1.60. The third-order valence-electron chi connectivity index (χ3n) is 4.99. The fraction of sp³-hybridized carbons (Fsp3) is 0.174. The first-order chi connectivity index (χ1) is 14.5. The molecule has 4 rings (SSSR count). The minimum absolute atomic E-state index is 0.0474. The zero-order chi connectivity index (χ0) is 21.4. The lowest BCUT2D eigenvalue weighted by molar-refractivity contribution is -0.150. The fourth-order valence-electron chi connectivity index (χ4n) is 3.45. The van der Waals surface area contributed by atoms with Crippen LogP contribution in [0.2, 0.25) is 0 Å². The van der Waals surface area contributed by atoms with Crippen LogP contribution in [-0.4, -0.2) is 32.3 Å². The number of esters is 2. The summed E-state index contributed by atoms with van der Waals surface area (Å²) in [6, 6.07) is 12.4. The van der Waals surface area contributed by atoms with E-state index in [1.807, 2.05) is 30.3 Å². The van der Waals surface area contributed by atoms with Gasteiger partial charge in [-0.05, 0) is 25.1 Å². The molecule has 0 N–H and O–H groups in total. The van der Waals surface area contributed by atoms with E-state index in [9.17, 15) is 14.4 Å². The van der Waals surface area contributed by atoms with E-state index in [-0.39, 0.29) is 22.3 Å². The van der Waals surface area contributed by atoms with Gasteiger partial charge < -0.3 is 18.6 Å². The van der Waals surface area contributed by atoms with Crippen molar-refractivity contribution in [1.29, 1.82) is 0 Å². The Hall–Kier alpha value is -3.87. The Morgan fingerprint density at radius 1 is 1.00 bits per heavy atom. The maximum atomic E-state index is 13.0. The van der Waals surface area contributed by atoms with Gasteiger partial charge in [-0.3, -0.25) is 4.79 Å². The van der Waals surface area contributed by atoms with Crippen LogP contribution in [0.1, 0.15) is 11.1 Å². The molecule has 2 aromatic carbocycles. The van der Waals surface area contributed by atoms with E-state index >= 15 is 0 Å². The predicted octanol–water partition coefficient (Wildman–Crippen LogP) is 3.26. The molecule has 7 heteroatoms. The highest BCUT2D eigenvalue weighted by Crippen LogP contribution is 2.37. The van der Waals surface area contributed by atoms with Crippen LogP contribution >= 0.6 is 0 Å². The highest BCUT2D eigenvalue weighted by Gasteiger charge is 2.36. The first kappa shape index (κ1) is 19.4. The van der Waals surface area contributed by atoms with Crippen molar-refractivity contribution < 1.29 is 28.2 Å². The van der Waals surface area contributed by atoms with E-state index < -0.39 is 18.0 Å².